The van der Waals surface area contributed by atoms with Crippen LogP contribution < -0.4 is 0 Å². The summed E-state index contributed by atoms with van der Waals surface area (Å²) in [5.41, 5.74) is 1.96. The fourth-order valence-electron chi connectivity index (χ4n) is 0.666. The van der Waals surface area contributed by atoms with Crippen molar-refractivity contribution in [1.82, 2.24) is 0 Å². The van der Waals surface area contributed by atoms with Crippen LogP contribution >= 0.6 is 0 Å². The molecule has 79 valence electrons. The molecule has 0 aromatic heterocycles. The Bertz CT molecular complexity index is 362. The monoisotopic (exact) mass is 406 g/mol. The van der Waals surface area contributed by atoms with E-state index in [1.807, 2.05) is 6.08 Å². The van der Waals surface area contributed by atoms with E-state index in [0.29, 0.717) is 0 Å². The molecule has 0 aromatic rings. The Balaban J connectivity index is 4.54. The predicted molar refractivity (Wildman–Crippen MR) is 59.2 cm³/mol. The van der Waals surface area contributed by atoms with E-state index in [9.17, 15) is 0 Å². The van der Waals surface area contributed by atoms with Gasteiger partial charge in [0.25, 0.3) is 0 Å². The third-order valence-electron chi connectivity index (χ3n) is 1.62. The molecular formula is C12H13NVW-2. The van der Waals surface area contributed by atoms with Crippen LogP contribution in [0.1, 0.15) is 20.8 Å². The number of nitrogens with zero attached hydrogens (tertiary/aromatic N) is 1. The zero-order valence-electron chi connectivity index (χ0n) is 9.11. The van der Waals surface area contributed by atoms with Crippen LogP contribution in [0.25, 0.3) is 0 Å². The quantitative estimate of drug-likeness (QED) is 0.377. The van der Waals surface area contributed by atoms with Gasteiger partial charge in [-0.1, -0.05) is 0 Å². The van der Waals surface area contributed by atoms with Crippen LogP contribution in [0, 0.1) is 12.7 Å². The number of allylic oxidation sites excluding steroid dienone is 4. The number of rotatable bonds is 5. The Labute approximate surface area is 112 Å². The molecule has 0 saturated heterocycles. The Morgan fingerprint density at radius 2 is 2.07 bits per heavy atom. The van der Waals surface area contributed by atoms with Gasteiger partial charge in [0.15, 0.2) is 0 Å². The van der Waals surface area contributed by atoms with Gasteiger partial charge < -0.3 is 0 Å². The second-order valence-electron chi connectivity index (χ2n) is 2.92. The summed E-state index contributed by atoms with van der Waals surface area (Å²) >= 11 is 3.89. The van der Waals surface area contributed by atoms with Gasteiger partial charge in [0.05, 0.1) is 0 Å². The van der Waals surface area contributed by atoms with Crippen LogP contribution in [0.2, 0.25) is 0 Å². The molecule has 0 spiro atoms. The normalized spacial score (nSPS) is 12.3. The number of aliphatic imine (C=N–C) groups is 1. The van der Waals surface area contributed by atoms with E-state index in [1.54, 1.807) is 19.3 Å². The first-order valence-electron chi connectivity index (χ1n) is 4.39. The average molecular weight is 406 g/mol. The van der Waals surface area contributed by atoms with Gasteiger partial charge in [0.1, 0.15) is 0 Å². The second-order valence-corrected chi connectivity index (χ2v) is 5.87. The van der Waals surface area contributed by atoms with Gasteiger partial charge in [-0.05, 0) is 0 Å². The van der Waals surface area contributed by atoms with Crippen molar-refractivity contribution < 1.29 is 36.3 Å². The van der Waals surface area contributed by atoms with Crippen LogP contribution in [0.15, 0.2) is 28.4 Å². The molecule has 0 amide bonds. The molecule has 0 N–H and O–H groups in total. The van der Waals surface area contributed by atoms with Crippen LogP contribution in [0.3, 0.4) is 0 Å². The average Bonchev–Trinajstić information content (AvgIpc) is 2.17. The van der Waals surface area contributed by atoms with Crippen molar-refractivity contribution >= 4 is 14.3 Å². The third kappa shape index (κ3) is 6.89. The summed E-state index contributed by atoms with van der Waals surface area (Å²) in [4.78, 5) is 4.02. The molecule has 3 heteroatoms. The minimum atomic E-state index is 0.737. The topological polar surface area (TPSA) is 12.4 Å². The summed E-state index contributed by atoms with van der Waals surface area (Å²) in [6.45, 7) is 11.9. The number of hydrogen-bond acceptors (Lipinski definition) is 1. The van der Waals surface area contributed by atoms with E-state index < -0.39 is 0 Å². The summed E-state index contributed by atoms with van der Waals surface area (Å²) < 4.78 is 2.25. The van der Waals surface area contributed by atoms with Crippen molar-refractivity contribution in [3.63, 3.8) is 0 Å². The summed E-state index contributed by atoms with van der Waals surface area (Å²) in [5.74, 6) is 0. The van der Waals surface area contributed by atoms with Gasteiger partial charge in [-0.2, -0.15) is 0 Å². The first kappa shape index (κ1) is 14.9. The molecule has 1 nitrogen and oxygen atoms in total. The first-order chi connectivity index (χ1) is 6.99. The molecule has 0 heterocycles. The van der Waals surface area contributed by atoms with E-state index in [0.717, 1.165) is 9.80 Å². The molecule has 0 radical (unpaired) electrons. The van der Waals surface area contributed by atoms with Crippen LogP contribution in [0.4, 0.5) is 0 Å². The molecule has 0 aliphatic carbocycles. The van der Waals surface area contributed by atoms with Gasteiger partial charge in [-0.25, -0.2) is 0 Å². The standard InChI is InChI=1S/C12H13N.V.W/c1-5-8-13-9-7-12(4)10-11(3)6-2;;/h4,8-10H,1-3H3;;/q-2;;/b11-10-,13-9?;;. The minimum absolute atomic E-state index is 0.737. The third-order valence-corrected chi connectivity index (χ3v) is 3.36. The van der Waals surface area contributed by atoms with Crippen molar-refractivity contribution in [2.75, 3.05) is 0 Å². The number of hydrogen-bond donors (Lipinski definition) is 0. The van der Waals surface area contributed by atoms with Crippen molar-refractivity contribution in [2.24, 2.45) is 4.99 Å². The molecular weight excluding hydrogens is 393 g/mol. The van der Waals surface area contributed by atoms with E-state index >= 15 is 0 Å². The molecule has 0 atom stereocenters. The Kier molecular flexibility index (Phi) is 8.05. The van der Waals surface area contributed by atoms with Crippen LogP contribution in [-0.4, -0.2) is 14.3 Å². The maximum atomic E-state index is 5.90. The second kappa shape index (κ2) is 8.10. The van der Waals surface area contributed by atoms with Gasteiger partial charge >= 0.3 is 113 Å². The molecule has 0 bridgehead atoms. The van der Waals surface area contributed by atoms with Gasteiger partial charge in [0, 0.05) is 0 Å². The summed E-state index contributed by atoms with van der Waals surface area (Å²) in [5, 5.41) is 0. The van der Waals surface area contributed by atoms with Crippen LogP contribution in [0.5, 0.6) is 0 Å². The molecule has 0 fully saturated rings. The van der Waals surface area contributed by atoms with E-state index in [2.05, 4.69) is 41.9 Å². The van der Waals surface area contributed by atoms with Crippen LogP contribution in [-0.2, 0) is 36.3 Å². The van der Waals surface area contributed by atoms with Crippen molar-refractivity contribution in [3.8, 4) is 0 Å². The maximum absolute atomic E-state index is 5.90. The summed E-state index contributed by atoms with van der Waals surface area (Å²) in [7, 11) is 0. The molecule has 15 heavy (non-hydrogen) atoms. The van der Waals surface area contributed by atoms with Gasteiger partial charge in [-0.3, -0.25) is 0 Å². The molecule has 0 aliphatic heterocycles. The Morgan fingerprint density at radius 3 is 2.53 bits per heavy atom. The molecule has 0 rings (SSSR count). The molecule has 0 unspecified atom stereocenters. The molecule has 0 saturated carbocycles. The Hall–Kier alpha value is -0.0973. The predicted octanol–water partition coefficient (Wildman–Crippen LogP) is 2.16. The zero-order chi connectivity index (χ0) is 11.8. The van der Waals surface area contributed by atoms with Crippen molar-refractivity contribution in [3.05, 3.63) is 36.1 Å². The summed E-state index contributed by atoms with van der Waals surface area (Å²) in [6, 6.07) is 0. The zero-order valence-corrected chi connectivity index (χ0v) is 13.4. The first-order valence-corrected chi connectivity index (χ1v) is 6.55. The van der Waals surface area contributed by atoms with Gasteiger partial charge in [0.2, 0.25) is 0 Å². The molecule has 0 aliphatic rings. The van der Waals surface area contributed by atoms with E-state index in [4.69, 9.17) is 6.58 Å². The fourth-order valence-corrected chi connectivity index (χ4v) is 1.08. The van der Waals surface area contributed by atoms with E-state index in [1.165, 1.54) is 28.8 Å². The van der Waals surface area contributed by atoms with Crippen molar-refractivity contribution in [2.45, 2.75) is 20.8 Å². The van der Waals surface area contributed by atoms with Gasteiger partial charge in [-0.15, -0.1) is 0 Å². The van der Waals surface area contributed by atoms with Crippen molar-refractivity contribution in [1.29, 1.82) is 0 Å². The fraction of sp³-hybridized carbons (Fsp3) is 0.250. The SMILES string of the molecule is [CH-]=C(/C=C(/C)[C](C)=[W])[C](=[V])C=NC=[C-]C. The van der Waals surface area contributed by atoms with E-state index in [-0.39, 0.29) is 0 Å². The molecule has 0 aromatic carbocycles. The Morgan fingerprint density at radius 1 is 1.47 bits per heavy atom. The summed E-state index contributed by atoms with van der Waals surface area (Å²) in [6.07, 6.45) is 8.11.